The van der Waals surface area contributed by atoms with E-state index in [9.17, 15) is 9.18 Å². The number of urea groups is 1. The molecule has 1 unspecified atom stereocenters. The Morgan fingerprint density at radius 3 is 2.82 bits per heavy atom. The van der Waals surface area contributed by atoms with Gasteiger partial charge in [0.25, 0.3) is 0 Å². The predicted molar refractivity (Wildman–Crippen MR) is 84.1 cm³/mol. The maximum Gasteiger partial charge on any atom is 0.318 e. The van der Waals surface area contributed by atoms with E-state index < -0.39 is 0 Å². The van der Waals surface area contributed by atoms with Crippen molar-refractivity contribution in [1.29, 1.82) is 0 Å². The number of halogens is 1. The summed E-state index contributed by atoms with van der Waals surface area (Å²) in [5.74, 6) is -0.252. The molecular formula is C17H24FN3O. The van der Waals surface area contributed by atoms with E-state index in [1.807, 2.05) is 17.9 Å². The average molecular weight is 305 g/mol. The fourth-order valence-electron chi connectivity index (χ4n) is 3.11. The van der Waals surface area contributed by atoms with Crippen molar-refractivity contribution in [2.75, 3.05) is 13.1 Å². The van der Waals surface area contributed by atoms with Crippen molar-refractivity contribution in [3.63, 3.8) is 0 Å². The van der Waals surface area contributed by atoms with Crippen molar-refractivity contribution in [2.45, 2.75) is 51.2 Å². The van der Waals surface area contributed by atoms with E-state index in [1.165, 1.54) is 6.07 Å². The van der Waals surface area contributed by atoms with Gasteiger partial charge in [-0.2, -0.15) is 0 Å². The summed E-state index contributed by atoms with van der Waals surface area (Å²) in [5.41, 5.74) is 1.43. The lowest BCUT2D eigenvalue weighted by Crippen LogP contribution is -2.52. The minimum absolute atomic E-state index is 0.0591. The molecule has 1 aromatic rings. The Balaban J connectivity index is 1.61. The highest BCUT2D eigenvalue weighted by Gasteiger charge is 2.37. The minimum atomic E-state index is -0.252. The third kappa shape index (κ3) is 3.58. The van der Waals surface area contributed by atoms with Crippen molar-refractivity contribution >= 4 is 6.03 Å². The molecule has 3 rings (SSSR count). The molecule has 1 atom stereocenters. The summed E-state index contributed by atoms with van der Waals surface area (Å²) >= 11 is 0. The van der Waals surface area contributed by atoms with Crippen LogP contribution < -0.4 is 10.6 Å². The van der Waals surface area contributed by atoms with Crippen LogP contribution in [0.3, 0.4) is 0 Å². The smallest absolute Gasteiger partial charge is 0.318 e. The summed E-state index contributed by atoms with van der Waals surface area (Å²) in [6.45, 7) is 4.00. The molecule has 4 nitrogen and oxygen atoms in total. The topological polar surface area (TPSA) is 44.4 Å². The minimum Gasteiger partial charge on any atom is -0.334 e. The van der Waals surface area contributed by atoms with Gasteiger partial charge in [-0.05, 0) is 50.8 Å². The fraction of sp³-hybridized carbons (Fsp3) is 0.588. The van der Waals surface area contributed by atoms with Gasteiger partial charge in [0.15, 0.2) is 0 Å². The standard InChI is InChI=1S/C17H24FN3O/c1-12-4-5-13(16(18)9-12)10-20-17(22)21(14-6-7-14)15-3-2-8-19-11-15/h4-5,9,14-15,19H,2-3,6-8,10-11H2,1H3,(H,20,22). The molecule has 1 aliphatic carbocycles. The van der Waals surface area contributed by atoms with Gasteiger partial charge in [0.2, 0.25) is 0 Å². The second-order valence-electron chi connectivity index (χ2n) is 6.39. The molecule has 0 bridgehead atoms. The number of amides is 2. The zero-order valence-corrected chi connectivity index (χ0v) is 13.1. The first-order valence-corrected chi connectivity index (χ1v) is 8.17. The number of carbonyl (C=O) groups is 1. The van der Waals surface area contributed by atoms with Gasteiger partial charge in [0.1, 0.15) is 5.82 Å². The van der Waals surface area contributed by atoms with Crippen molar-refractivity contribution < 1.29 is 9.18 Å². The van der Waals surface area contributed by atoms with Crippen LogP contribution in [0.25, 0.3) is 0 Å². The van der Waals surface area contributed by atoms with E-state index in [1.54, 1.807) is 6.07 Å². The fourth-order valence-corrected chi connectivity index (χ4v) is 3.11. The molecule has 1 saturated carbocycles. The van der Waals surface area contributed by atoms with E-state index in [0.29, 0.717) is 11.6 Å². The highest BCUT2D eigenvalue weighted by molar-refractivity contribution is 5.75. The molecule has 22 heavy (non-hydrogen) atoms. The molecule has 1 saturated heterocycles. The monoisotopic (exact) mass is 305 g/mol. The average Bonchev–Trinajstić information content (AvgIpc) is 3.32. The van der Waals surface area contributed by atoms with Crippen LogP contribution >= 0.6 is 0 Å². The van der Waals surface area contributed by atoms with Crippen LogP contribution in [0.4, 0.5) is 9.18 Å². The zero-order chi connectivity index (χ0) is 15.5. The Kier molecular flexibility index (Phi) is 4.62. The quantitative estimate of drug-likeness (QED) is 0.898. The van der Waals surface area contributed by atoms with Gasteiger partial charge in [-0.25, -0.2) is 9.18 Å². The first-order chi connectivity index (χ1) is 10.6. The molecule has 120 valence electrons. The number of rotatable bonds is 4. The molecule has 2 N–H and O–H groups in total. The van der Waals surface area contributed by atoms with Crippen molar-refractivity contribution in [3.05, 3.63) is 35.1 Å². The van der Waals surface area contributed by atoms with Crippen LogP contribution in [0.2, 0.25) is 0 Å². The number of aryl methyl sites for hydroxylation is 1. The second-order valence-corrected chi connectivity index (χ2v) is 6.39. The second kappa shape index (κ2) is 6.65. The molecule has 1 heterocycles. The lowest BCUT2D eigenvalue weighted by atomic mass is 10.1. The third-order valence-corrected chi connectivity index (χ3v) is 4.48. The van der Waals surface area contributed by atoms with Crippen LogP contribution in [0.1, 0.15) is 36.8 Å². The molecule has 0 radical (unpaired) electrons. The third-order valence-electron chi connectivity index (χ3n) is 4.48. The summed E-state index contributed by atoms with van der Waals surface area (Å²) < 4.78 is 13.9. The highest BCUT2D eigenvalue weighted by Crippen LogP contribution is 2.30. The largest absolute Gasteiger partial charge is 0.334 e. The van der Waals surface area contributed by atoms with E-state index in [-0.39, 0.29) is 24.4 Å². The number of nitrogens with one attached hydrogen (secondary N) is 2. The van der Waals surface area contributed by atoms with Gasteiger partial charge < -0.3 is 15.5 Å². The van der Waals surface area contributed by atoms with Crippen molar-refractivity contribution in [1.82, 2.24) is 15.5 Å². The van der Waals surface area contributed by atoms with Gasteiger partial charge >= 0.3 is 6.03 Å². The molecule has 0 aromatic heterocycles. The molecule has 5 heteroatoms. The van der Waals surface area contributed by atoms with Crippen LogP contribution in [-0.2, 0) is 6.54 Å². The number of piperidine rings is 1. The van der Waals surface area contributed by atoms with Crippen LogP contribution in [-0.4, -0.2) is 36.1 Å². The molecule has 1 aliphatic heterocycles. The van der Waals surface area contributed by atoms with E-state index in [0.717, 1.165) is 44.3 Å². The first-order valence-electron chi connectivity index (χ1n) is 8.17. The Labute approximate surface area is 131 Å². The Morgan fingerprint density at radius 1 is 1.36 bits per heavy atom. The van der Waals surface area contributed by atoms with Gasteiger partial charge in [-0.15, -0.1) is 0 Å². The van der Waals surface area contributed by atoms with E-state index >= 15 is 0 Å². The zero-order valence-electron chi connectivity index (χ0n) is 13.1. The number of hydrogen-bond acceptors (Lipinski definition) is 2. The number of benzene rings is 1. The Hall–Kier alpha value is -1.62. The predicted octanol–water partition coefficient (Wildman–Crippen LogP) is 2.56. The summed E-state index contributed by atoms with van der Waals surface area (Å²) in [5, 5.41) is 6.26. The molecule has 0 spiro atoms. The van der Waals surface area contributed by atoms with Crippen LogP contribution in [0, 0.1) is 12.7 Å². The van der Waals surface area contributed by atoms with Crippen LogP contribution in [0.15, 0.2) is 18.2 Å². The lowest BCUT2D eigenvalue weighted by Gasteiger charge is -2.35. The highest BCUT2D eigenvalue weighted by atomic mass is 19.1. The molecular weight excluding hydrogens is 281 g/mol. The summed E-state index contributed by atoms with van der Waals surface area (Å²) in [7, 11) is 0. The lowest BCUT2D eigenvalue weighted by molar-refractivity contribution is 0.155. The normalized spacial score (nSPS) is 21.5. The molecule has 2 fully saturated rings. The van der Waals surface area contributed by atoms with Gasteiger partial charge in [0, 0.05) is 30.7 Å². The maximum atomic E-state index is 13.9. The van der Waals surface area contributed by atoms with Gasteiger partial charge in [-0.3, -0.25) is 0 Å². The summed E-state index contributed by atoms with van der Waals surface area (Å²) in [6, 6.07) is 5.70. The maximum absolute atomic E-state index is 13.9. The number of nitrogens with zero attached hydrogens (tertiary/aromatic N) is 1. The number of hydrogen-bond donors (Lipinski definition) is 2. The first kappa shape index (κ1) is 15.3. The Bertz CT molecular complexity index is 539. The molecule has 2 aliphatic rings. The molecule has 1 aromatic carbocycles. The van der Waals surface area contributed by atoms with Crippen molar-refractivity contribution in [3.8, 4) is 0 Å². The SMILES string of the molecule is Cc1ccc(CNC(=O)N(C2CC2)C2CCCNC2)c(F)c1. The molecule has 2 amide bonds. The van der Waals surface area contributed by atoms with E-state index in [2.05, 4.69) is 10.6 Å². The van der Waals surface area contributed by atoms with Crippen molar-refractivity contribution in [2.24, 2.45) is 0 Å². The van der Waals surface area contributed by atoms with Gasteiger partial charge in [0.05, 0.1) is 0 Å². The van der Waals surface area contributed by atoms with Gasteiger partial charge in [-0.1, -0.05) is 12.1 Å². The number of carbonyl (C=O) groups excluding carboxylic acids is 1. The Morgan fingerprint density at radius 2 is 2.18 bits per heavy atom. The summed E-state index contributed by atoms with van der Waals surface area (Å²) in [4.78, 5) is 14.5. The van der Waals surface area contributed by atoms with E-state index in [4.69, 9.17) is 0 Å². The van der Waals surface area contributed by atoms with Crippen LogP contribution in [0.5, 0.6) is 0 Å². The summed E-state index contributed by atoms with van der Waals surface area (Å²) in [6.07, 6.45) is 4.33.